The van der Waals surface area contributed by atoms with Crippen molar-refractivity contribution in [1.29, 1.82) is 0 Å². The lowest BCUT2D eigenvalue weighted by molar-refractivity contribution is 0.0698. The Kier molecular flexibility index (Phi) is 3.68. The Morgan fingerprint density at radius 1 is 1.17 bits per heavy atom. The van der Waals surface area contributed by atoms with Gasteiger partial charge in [0, 0.05) is 11.8 Å². The van der Waals surface area contributed by atoms with Gasteiger partial charge in [-0.25, -0.2) is 14.4 Å². The molecule has 2 aliphatic heterocycles. The van der Waals surface area contributed by atoms with Gasteiger partial charge < -0.3 is 20.5 Å². The summed E-state index contributed by atoms with van der Waals surface area (Å²) in [5.41, 5.74) is 7.30. The van der Waals surface area contributed by atoms with E-state index in [4.69, 9.17) is 15.2 Å². The van der Waals surface area contributed by atoms with Crippen LogP contribution in [0.3, 0.4) is 0 Å². The number of benzene rings is 1. The van der Waals surface area contributed by atoms with E-state index < -0.39 is 0 Å². The summed E-state index contributed by atoms with van der Waals surface area (Å²) in [6.07, 6.45) is 1.47. The number of halogens is 1. The van der Waals surface area contributed by atoms with Crippen molar-refractivity contribution in [3.05, 3.63) is 42.3 Å². The molecule has 2 aliphatic rings. The number of anilines is 1. The van der Waals surface area contributed by atoms with Crippen LogP contribution >= 0.6 is 0 Å². The van der Waals surface area contributed by atoms with Crippen molar-refractivity contribution in [2.45, 2.75) is 24.3 Å². The first-order valence-electron chi connectivity index (χ1n) is 7.55. The zero-order chi connectivity index (χ0) is 15.8. The summed E-state index contributed by atoms with van der Waals surface area (Å²) in [7, 11) is 0. The summed E-state index contributed by atoms with van der Waals surface area (Å²) in [4.78, 5) is 8.68. The van der Waals surface area contributed by atoms with Gasteiger partial charge in [0.25, 0.3) is 0 Å². The fraction of sp³-hybridized carbons (Fsp3) is 0.375. The molecule has 7 heteroatoms. The molecular weight excluding hydrogens is 299 g/mol. The quantitative estimate of drug-likeness (QED) is 0.885. The van der Waals surface area contributed by atoms with Crippen molar-refractivity contribution in [3.63, 3.8) is 0 Å². The summed E-state index contributed by atoms with van der Waals surface area (Å²) >= 11 is 0. The summed E-state index contributed by atoms with van der Waals surface area (Å²) < 4.78 is 24.7. The first-order chi connectivity index (χ1) is 11.2. The van der Waals surface area contributed by atoms with Gasteiger partial charge in [0.15, 0.2) is 0 Å². The molecule has 0 saturated carbocycles. The summed E-state index contributed by atoms with van der Waals surface area (Å²) in [6, 6.07) is 7.92. The van der Waals surface area contributed by atoms with Crippen LogP contribution in [0.2, 0.25) is 0 Å². The van der Waals surface area contributed by atoms with E-state index in [0.717, 1.165) is 0 Å². The topological polar surface area (TPSA) is 82.3 Å². The molecule has 6 nitrogen and oxygen atoms in total. The number of aromatic nitrogens is 2. The van der Waals surface area contributed by atoms with E-state index in [-0.39, 0.29) is 30.1 Å². The van der Waals surface area contributed by atoms with Gasteiger partial charge in [-0.15, -0.1) is 0 Å². The Morgan fingerprint density at radius 2 is 2.04 bits per heavy atom. The van der Waals surface area contributed by atoms with E-state index in [1.807, 2.05) is 6.07 Å². The van der Waals surface area contributed by atoms with E-state index >= 15 is 0 Å². The highest BCUT2D eigenvalue weighted by atomic mass is 19.1. The predicted molar refractivity (Wildman–Crippen MR) is 82.3 cm³/mol. The highest BCUT2D eigenvalue weighted by molar-refractivity contribution is 5.59. The van der Waals surface area contributed by atoms with Gasteiger partial charge in [0.2, 0.25) is 5.95 Å². The van der Waals surface area contributed by atoms with E-state index in [2.05, 4.69) is 15.3 Å². The van der Waals surface area contributed by atoms with E-state index in [1.54, 1.807) is 18.3 Å². The second kappa shape index (κ2) is 5.84. The molecule has 0 spiro atoms. The van der Waals surface area contributed by atoms with Crippen LogP contribution < -0.4 is 11.1 Å². The van der Waals surface area contributed by atoms with Crippen molar-refractivity contribution < 1.29 is 13.9 Å². The van der Waals surface area contributed by atoms with Gasteiger partial charge >= 0.3 is 0 Å². The first kappa shape index (κ1) is 14.5. The number of hydrogen-bond donors (Lipinski definition) is 2. The van der Waals surface area contributed by atoms with Gasteiger partial charge in [-0.3, -0.25) is 0 Å². The molecule has 1 aromatic carbocycles. The molecule has 0 radical (unpaired) electrons. The molecule has 2 aromatic rings. The molecule has 3 heterocycles. The molecule has 2 fully saturated rings. The number of fused-ring (bicyclic) bond motifs is 1. The Morgan fingerprint density at radius 3 is 2.91 bits per heavy atom. The molecular formula is C16H17FN4O2. The van der Waals surface area contributed by atoms with Crippen molar-refractivity contribution in [3.8, 4) is 11.3 Å². The van der Waals surface area contributed by atoms with Gasteiger partial charge in [0.1, 0.15) is 18.0 Å². The van der Waals surface area contributed by atoms with Gasteiger partial charge in [-0.1, -0.05) is 12.1 Å². The van der Waals surface area contributed by atoms with E-state index in [1.165, 1.54) is 12.1 Å². The minimum atomic E-state index is -0.295. The van der Waals surface area contributed by atoms with Crippen LogP contribution in [0, 0.1) is 5.82 Å². The van der Waals surface area contributed by atoms with Crippen LogP contribution in [-0.4, -0.2) is 47.5 Å². The first-order valence-corrected chi connectivity index (χ1v) is 7.55. The standard InChI is InChI=1S/C16H17FN4O2/c17-10-3-1-2-9(6-10)12-4-5-19-16(20-12)21-13-8-23-14-11(18)7-22-15(13)14/h1-6,11,13-15H,7-8,18H2,(H,19,20,21)/t11-,13-,14+,15+/m0/s1. The summed E-state index contributed by atoms with van der Waals surface area (Å²) in [6.45, 7) is 0.994. The Bertz CT molecular complexity index is 714. The number of nitrogens with zero attached hydrogens (tertiary/aromatic N) is 2. The van der Waals surface area contributed by atoms with Crippen LogP contribution in [0.25, 0.3) is 11.3 Å². The number of hydrogen-bond acceptors (Lipinski definition) is 6. The molecule has 0 aliphatic carbocycles. The van der Waals surface area contributed by atoms with Crippen molar-refractivity contribution in [1.82, 2.24) is 9.97 Å². The van der Waals surface area contributed by atoms with Crippen LogP contribution in [0.1, 0.15) is 0 Å². The zero-order valence-electron chi connectivity index (χ0n) is 12.4. The van der Waals surface area contributed by atoms with Gasteiger partial charge in [0.05, 0.1) is 31.0 Å². The molecule has 0 unspecified atom stereocenters. The van der Waals surface area contributed by atoms with Gasteiger partial charge in [-0.05, 0) is 18.2 Å². The second-order valence-corrected chi connectivity index (χ2v) is 5.79. The molecule has 23 heavy (non-hydrogen) atoms. The third kappa shape index (κ3) is 2.78. The predicted octanol–water partition coefficient (Wildman–Crippen LogP) is 1.19. The molecule has 0 amide bonds. The molecule has 2 saturated heterocycles. The van der Waals surface area contributed by atoms with E-state index in [9.17, 15) is 4.39 Å². The largest absolute Gasteiger partial charge is 0.371 e. The van der Waals surface area contributed by atoms with Crippen LogP contribution in [-0.2, 0) is 9.47 Å². The fourth-order valence-electron chi connectivity index (χ4n) is 3.06. The average molecular weight is 316 g/mol. The Hall–Kier alpha value is -2.09. The van der Waals surface area contributed by atoms with Crippen LogP contribution in [0.4, 0.5) is 10.3 Å². The number of nitrogens with one attached hydrogen (secondary N) is 1. The lowest BCUT2D eigenvalue weighted by atomic mass is 10.1. The van der Waals surface area contributed by atoms with Crippen LogP contribution in [0.5, 0.6) is 0 Å². The minimum Gasteiger partial charge on any atom is -0.371 e. The normalized spacial score (nSPS) is 29.5. The molecule has 0 bridgehead atoms. The Labute approximate surface area is 132 Å². The SMILES string of the molecule is N[C@H]1CO[C@H]2[C@@H]1OC[C@@H]2Nc1nccc(-c2cccc(F)c2)n1. The van der Waals surface area contributed by atoms with E-state index in [0.29, 0.717) is 30.4 Å². The third-order valence-corrected chi connectivity index (χ3v) is 4.18. The highest BCUT2D eigenvalue weighted by Crippen LogP contribution is 2.28. The third-order valence-electron chi connectivity index (χ3n) is 4.18. The number of ether oxygens (including phenoxy) is 2. The minimum absolute atomic E-state index is 0.0451. The lowest BCUT2D eigenvalue weighted by Gasteiger charge is -2.17. The monoisotopic (exact) mass is 316 g/mol. The maximum absolute atomic E-state index is 13.4. The smallest absolute Gasteiger partial charge is 0.223 e. The lowest BCUT2D eigenvalue weighted by Crippen LogP contribution is -2.39. The average Bonchev–Trinajstić information content (AvgIpc) is 3.12. The van der Waals surface area contributed by atoms with Crippen molar-refractivity contribution >= 4 is 5.95 Å². The number of rotatable bonds is 3. The maximum Gasteiger partial charge on any atom is 0.223 e. The fourth-order valence-corrected chi connectivity index (χ4v) is 3.06. The van der Waals surface area contributed by atoms with Crippen molar-refractivity contribution in [2.75, 3.05) is 18.5 Å². The summed E-state index contributed by atoms with van der Waals surface area (Å²) in [5, 5.41) is 3.24. The maximum atomic E-state index is 13.4. The summed E-state index contributed by atoms with van der Waals surface area (Å²) in [5.74, 6) is 0.168. The second-order valence-electron chi connectivity index (χ2n) is 5.79. The van der Waals surface area contributed by atoms with Crippen molar-refractivity contribution in [2.24, 2.45) is 5.73 Å². The zero-order valence-corrected chi connectivity index (χ0v) is 12.4. The molecule has 4 atom stereocenters. The van der Waals surface area contributed by atoms with Gasteiger partial charge in [-0.2, -0.15) is 0 Å². The molecule has 3 N–H and O–H groups in total. The van der Waals surface area contributed by atoms with Crippen LogP contribution in [0.15, 0.2) is 36.5 Å². The molecule has 120 valence electrons. The molecule has 4 rings (SSSR count). The highest BCUT2D eigenvalue weighted by Gasteiger charge is 2.46. The number of nitrogens with two attached hydrogens (primary N) is 1. The molecule has 1 aromatic heterocycles. The Balaban J connectivity index is 1.53.